The quantitative estimate of drug-likeness (QED) is 0.605. The molecular weight excluding hydrogens is 318 g/mol. The van der Waals surface area contributed by atoms with Crippen LogP contribution in [-0.2, 0) is 19.5 Å². The zero-order valence-corrected chi connectivity index (χ0v) is 13.4. The van der Waals surface area contributed by atoms with Crippen LogP contribution in [0.4, 0.5) is 0 Å². The first-order chi connectivity index (χ1) is 9.71. The molecule has 0 saturated carbocycles. The van der Waals surface area contributed by atoms with Crippen LogP contribution in [0, 0.1) is 5.92 Å². The molecule has 6 nitrogen and oxygen atoms in total. The molecule has 1 aromatic carbocycles. The first kappa shape index (κ1) is 17.9. The zero-order valence-electron chi connectivity index (χ0n) is 11.8. The first-order valence-corrected chi connectivity index (χ1v) is 8.21. The van der Waals surface area contributed by atoms with Crippen LogP contribution in [0.2, 0.25) is 5.02 Å². The van der Waals surface area contributed by atoms with Gasteiger partial charge in [0.25, 0.3) is 0 Å². The van der Waals surface area contributed by atoms with Gasteiger partial charge < -0.3 is 9.47 Å². The van der Waals surface area contributed by atoms with Crippen LogP contribution in [0.25, 0.3) is 0 Å². The second kappa shape index (κ2) is 7.74. The summed E-state index contributed by atoms with van der Waals surface area (Å²) >= 11 is 5.86. The molecule has 0 fully saturated rings. The van der Waals surface area contributed by atoms with Crippen LogP contribution in [0.15, 0.2) is 23.1 Å². The number of carbonyl (C=O) groups is 1. The fourth-order valence-corrected chi connectivity index (χ4v) is 2.16. The maximum Gasteiger partial charge on any atom is 0.339 e. The monoisotopic (exact) mass is 335 g/mol. The van der Waals surface area contributed by atoms with E-state index in [4.69, 9.17) is 26.2 Å². The van der Waals surface area contributed by atoms with Gasteiger partial charge in [0.1, 0.15) is 6.61 Å². The number of halogens is 1. The highest BCUT2D eigenvalue weighted by Gasteiger charge is 2.16. The number of nitrogens with two attached hydrogens (primary N) is 1. The summed E-state index contributed by atoms with van der Waals surface area (Å²) in [7, 11) is -3.91. The topological polar surface area (TPSA) is 95.7 Å². The Balaban J connectivity index is 2.66. The van der Waals surface area contributed by atoms with Crippen LogP contribution in [0.5, 0.6) is 0 Å². The van der Waals surface area contributed by atoms with Gasteiger partial charge in [0.2, 0.25) is 10.0 Å². The van der Waals surface area contributed by atoms with E-state index < -0.39 is 16.0 Å². The summed E-state index contributed by atoms with van der Waals surface area (Å²) < 4.78 is 32.7. The molecule has 1 aromatic rings. The van der Waals surface area contributed by atoms with E-state index in [1.165, 1.54) is 12.1 Å². The highest BCUT2D eigenvalue weighted by molar-refractivity contribution is 7.89. The highest BCUT2D eigenvalue weighted by Crippen LogP contribution is 2.20. The predicted molar refractivity (Wildman–Crippen MR) is 78.8 cm³/mol. The Bertz CT molecular complexity index is 601. The summed E-state index contributed by atoms with van der Waals surface area (Å²) in [6, 6.07) is 3.60. The molecule has 0 spiro atoms. The van der Waals surface area contributed by atoms with Crippen molar-refractivity contribution in [2.75, 3.05) is 19.8 Å². The molecule has 0 heterocycles. The molecule has 0 aliphatic heterocycles. The van der Waals surface area contributed by atoms with E-state index in [1.54, 1.807) is 0 Å². The van der Waals surface area contributed by atoms with Gasteiger partial charge in [-0.15, -0.1) is 0 Å². The lowest BCUT2D eigenvalue weighted by atomic mass is 10.2. The predicted octanol–water partition coefficient (Wildman–Crippen LogP) is 1.82. The van der Waals surface area contributed by atoms with Crippen molar-refractivity contribution in [3.63, 3.8) is 0 Å². The van der Waals surface area contributed by atoms with Gasteiger partial charge in [0.05, 0.1) is 22.1 Å². The third-order valence-electron chi connectivity index (χ3n) is 2.40. The van der Waals surface area contributed by atoms with Crippen molar-refractivity contribution in [2.45, 2.75) is 18.7 Å². The second-order valence-electron chi connectivity index (χ2n) is 4.79. The van der Waals surface area contributed by atoms with Crippen LogP contribution >= 0.6 is 11.6 Å². The number of primary sulfonamides is 1. The maximum absolute atomic E-state index is 11.8. The van der Waals surface area contributed by atoms with E-state index >= 15 is 0 Å². The number of hydrogen-bond donors (Lipinski definition) is 1. The number of hydrogen-bond acceptors (Lipinski definition) is 5. The fourth-order valence-electron chi connectivity index (χ4n) is 1.43. The standard InChI is InChI=1S/C13H18ClNO5S/c1-9(2)8-19-5-6-20-13(16)11-7-10(21(15,17)18)3-4-12(11)14/h3-4,7,9H,5-6,8H2,1-2H3,(H2,15,17,18). The van der Waals surface area contributed by atoms with E-state index in [1.807, 2.05) is 13.8 Å². The minimum absolute atomic E-state index is 0.0490. The van der Waals surface area contributed by atoms with Gasteiger partial charge in [0.15, 0.2) is 0 Å². The number of esters is 1. The van der Waals surface area contributed by atoms with Gasteiger partial charge in [-0.1, -0.05) is 25.4 Å². The summed E-state index contributed by atoms with van der Waals surface area (Å²) in [5.74, 6) is -0.333. The average Bonchev–Trinajstić information content (AvgIpc) is 2.36. The van der Waals surface area contributed by atoms with E-state index in [2.05, 4.69) is 0 Å². The molecule has 0 bridgehead atoms. The smallest absolute Gasteiger partial charge is 0.339 e. The molecule has 0 aliphatic carbocycles. The van der Waals surface area contributed by atoms with E-state index in [0.29, 0.717) is 12.5 Å². The molecule has 0 atom stereocenters. The maximum atomic E-state index is 11.8. The lowest BCUT2D eigenvalue weighted by Crippen LogP contribution is -2.15. The van der Waals surface area contributed by atoms with Crippen molar-refractivity contribution in [2.24, 2.45) is 11.1 Å². The van der Waals surface area contributed by atoms with Crippen molar-refractivity contribution < 1.29 is 22.7 Å². The molecule has 21 heavy (non-hydrogen) atoms. The van der Waals surface area contributed by atoms with E-state index in [-0.39, 0.29) is 28.7 Å². The van der Waals surface area contributed by atoms with E-state index in [0.717, 1.165) is 6.07 Å². The molecule has 0 aliphatic rings. The SMILES string of the molecule is CC(C)COCCOC(=O)c1cc(S(N)(=O)=O)ccc1Cl. The number of benzene rings is 1. The molecule has 1 rings (SSSR count). The lowest BCUT2D eigenvalue weighted by Gasteiger charge is -2.09. The molecule has 8 heteroatoms. The summed E-state index contributed by atoms with van der Waals surface area (Å²) in [5.41, 5.74) is -0.0490. The number of sulfonamides is 1. The average molecular weight is 336 g/mol. The van der Waals surface area contributed by atoms with Gasteiger partial charge in [-0.2, -0.15) is 0 Å². The van der Waals surface area contributed by atoms with Crippen molar-refractivity contribution in [1.82, 2.24) is 0 Å². The molecule has 0 radical (unpaired) electrons. The summed E-state index contributed by atoms with van der Waals surface area (Å²) in [6.45, 7) is 4.90. The third-order valence-corrected chi connectivity index (χ3v) is 3.64. The summed E-state index contributed by atoms with van der Waals surface area (Å²) in [4.78, 5) is 11.6. The van der Waals surface area contributed by atoms with Crippen molar-refractivity contribution in [1.29, 1.82) is 0 Å². The number of carbonyl (C=O) groups excluding carboxylic acids is 1. The van der Waals surface area contributed by atoms with E-state index in [9.17, 15) is 13.2 Å². The molecule has 118 valence electrons. The zero-order chi connectivity index (χ0) is 16.0. The molecule has 2 N–H and O–H groups in total. The lowest BCUT2D eigenvalue weighted by molar-refractivity contribution is 0.0277. The number of rotatable bonds is 7. The third kappa shape index (κ3) is 6.01. The minimum Gasteiger partial charge on any atom is -0.460 e. The van der Waals surface area contributed by atoms with Crippen LogP contribution < -0.4 is 5.14 Å². The second-order valence-corrected chi connectivity index (χ2v) is 6.76. The largest absolute Gasteiger partial charge is 0.460 e. The Morgan fingerprint density at radius 1 is 1.33 bits per heavy atom. The van der Waals surface area contributed by atoms with Crippen LogP contribution in [0.1, 0.15) is 24.2 Å². The van der Waals surface area contributed by atoms with Gasteiger partial charge in [0, 0.05) is 6.61 Å². The summed E-state index contributed by atoms with van der Waals surface area (Å²) in [5, 5.41) is 5.09. The molecule has 0 aromatic heterocycles. The van der Waals surface area contributed by atoms with Crippen molar-refractivity contribution in [3.8, 4) is 0 Å². The number of ether oxygens (including phenoxy) is 2. The van der Waals surface area contributed by atoms with Crippen molar-refractivity contribution in [3.05, 3.63) is 28.8 Å². The van der Waals surface area contributed by atoms with Crippen LogP contribution in [0.3, 0.4) is 0 Å². The Labute approximate surface area is 129 Å². The molecule has 0 unspecified atom stereocenters. The molecule has 0 amide bonds. The minimum atomic E-state index is -3.91. The summed E-state index contributed by atoms with van der Waals surface area (Å²) in [6.07, 6.45) is 0. The Hall–Kier alpha value is -1.15. The van der Waals surface area contributed by atoms with Gasteiger partial charge >= 0.3 is 5.97 Å². The Morgan fingerprint density at radius 3 is 2.57 bits per heavy atom. The first-order valence-electron chi connectivity index (χ1n) is 6.29. The van der Waals surface area contributed by atoms with Gasteiger partial charge in [-0.25, -0.2) is 18.4 Å². The van der Waals surface area contributed by atoms with Gasteiger partial charge in [-0.3, -0.25) is 0 Å². The Kier molecular flexibility index (Phi) is 6.60. The molecular formula is C13H18ClNO5S. The van der Waals surface area contributed by atoms with Crippen molar-refractivity contribution >= 4 is 27.6 Å². The molecule has 0 saturated heterocycles. The van der Waals surface area contributed by atoms with Crippen LogP contribution in [-0.4, -0.2) is 34.2 Å². The Morgan fingerprint density at radius 2 is 2.00 bits per heavy atom. The highest BCUT2D eigenvalue weighted by atomic mass is 35.5. The van der Waals surface area contributed by atoms with Gasteiger partial charge in [-0.05, 0) is 24.1 Å². The fraction of sp³-hybridized carbons (Fsp3) is 0.462. The normalized spacial score (nSPS) is 11.7.